The van der Waals surface area contributed by atoms with Gasteiger partial charge in [0, 0.05) is 18.6 Å². The predicted molar refractivity (Wildman–Crippen MR) is 68.6 cm³/mol. The highest BCUT2D eigenvalue weighted by Crippen LogP contribution is 2.56. The lowest BCUT2D eigenvalue weighted by atomic mass is 9.75. The molecule has 0 amide bonds. The first-order valence-corrected chi connectivity index (χ1v) is 6.86. The molecule has 0 saturated carbocycles. The molecule has 0 spiro atoms. The van der Waals surface area contributed by atoms with Crippen LogP contribution in [0.2, 0.25) is 0 Å². The number of piperidine rings is 1. The molecule has 0 unspecified atom stereocenters. The third-order valence-corrected chi connectivity index (χ3v) is 5.00. The van der Waals surface area contributed by atoms with Crippen molar-refractivity contribution in [3.8, 4) is 0 Å². The van der Waals surface area contributed by atoms with Crippen LogP contribution in [-0.2, 0) is 6.54 Å². The minimum Gasteiger partial charge on any atom is -0.295 e. The molecule has 4 rings (SSSR count). The lowest BCUT2D eigenvalue weighted by Crippen LogP contribution is -2.80. The molecule has 1 aromatic rings. The van der Waals surface area contributed by atoms with Gasteiger partial charge < -0.3 is 0 Å². The van der Waals surface area contributed by atoms with Crippen molar-refractivity contribution in [2.45, 2.75) is 56.9 Å². The molecule has 0 bridgehead atoms. The second kappa shape index (κ2) is 3.33. The monoisotopic (exact) mass is 228 g/mol. The molecule has 90 valence electrons. The fraction of sp³-hybridized carbons (Fsp3) is 0.600. The highest BCUT2D eigenvalue weighted by atomic mass is 15.5. The van der Waals surface area contributed by atoms with Crippen LogP contribution in [0.1, 0.15) is 36.8 Å². The van der Waals surface area contributed by atoms with Gasteiger partial charge in [0.15, 0.2) is 0 Å². The number of nitrogens with zero attached hydrogens (tertiary/aromatic N) is 1. The maximum atomic E-state index is 3.79. The maximum Gasteiger partial charge on any atom is 0.0750 e. The van der Waals surface area contributed by atoms with Gasteiger partial charge in [0.1, 0.15) is 0 Å². The predicted octanol–water partition coefficient (Wildman–Crippen LogP) is 2.42. The van der Waals surface area contributed by atoms with Crippen LogP contribution in [0.25, 0.3) is 0 Å². The third kappa shape index (κ3) is 1.34. The van der Waals surface area contributed by atoms with E-state index >= 15 is 0 Å². The molecule has 0 radical (unpaired) electrons. The Bertz CT molecular complexity index is 423. The summed E-state index contributed by atoms with van der Waals surface area (Å²) < 4.78 is 0. The highest BCUT2D eigenvalue weighted by Gasteiger charge is 2.65. The molecule has 0 aliphatic carbocycles. The zero-order chi connectivity index (χ0) is 11.5. The maximum absolute atomic E-state index is 3.79. The van der Waals surface area contributed by atoms with E-state index in [0.29, 0.717) is 5.66 Å². The summed E-state index contributed by atoms with van der Waals surface area (Å²) in [5.74, 6) is 0. The van der Waals surface area contributed by atoms with Crippen LogP contribution in [0, 0.1) is 6.92 Å². The average molecular weight is 228 g/mol. The van der Waals surface area contributed by atoms with E-state index in [9.17, 15) is 0 Å². The summed E-state index contributed by atoms with van der Waals surface area (Å²) in [5, 5.41) is 3.79. The van der Waals surface area contributed by atoms with Gasteiger partial charge in [0.05, 0.1) is 5.66 Å². The Kier molecular flexibility index (Phi) is 1.98. The van der Waals surface area contributed by atoms with E-state index in [0.717, 1.165) is 18.6 Å². The Hall–Kier alpha value is -0.860. The Morgan fingerprint density at radius 2 is 1.82 bits per heavy atom. The fourth-order valence-electron chi connectivity index (χ4n) is 4.12. The van der Waals surface area contributed by atoms with Crippen molar-refractivity contribution < 1.29 is 0 Å². The largest absolute Gasteiger partial charge is 0.295 e. The number of hydrogen-bond acceptors (Lipinski definition) is 2. The summed E-state index contributed by atoms with van der Waals surface area (Å²) in [6.45, 7) is 3.17. The molecule has 1 aromatic carbocycles. The summed E-state index contributed by atoms with van der Waals surface area (Å²) >= 11 is 0. The minimum atomic E-state index is 0.400. The van der Waals surface area contributed by atoms with Crippen molar-refractivity contribution in [3.63, 3.8) is 0 Å². The number of benzene rings is 1. The topological polar surface area (TPSA) is 15.3 Å². The first-order valence-electron chi connectivity index (χ1n) is 6.86. The standard InChI is InChI=1S/C15H20N2/c1-11-2-4-12(5-3-11)10-16-15-8-13-6-7-14(9-15)17(13)15/h2-5,13-14,16H,6-10H2,1H3/t13-,14+,15+. The van der Waals surface area contributed by atoms with Crippen LogP contribution in [0.3, 0.4) is 0 Å². The SMILES string of the molecule is Cc1ccc(CN[C@]23C[C@H]4CC[C@@H](C2)N43)cc1. The summed E-state index contributed by atoms with van der Waals surface area (Å²) in [5.41, 5.74) is 3.16. The Labute approximate surface area is 103 Å². The summed E-state index contributed by atoms with van der Waals surface area (Å²) in [6, 6.07) is 10.7. The van der Waals surface area contributed by atoms with Crippen molar-refractivity contribution in [3.05, 3.63) is 35.4 Å². The van der Waals surface area contributed by atoms with Gasteiger partial charge in [0.2, 0.25) is 0 Å². The Balaban J connectivity index is 1.41. The zero-order valence-corrected chi connectivity index (χ0v) is 10.4. The van der Waals surface area contributed by atoms with Gasteiger partial charge in [-0.05, 0) is 38.2 Å². The van der Waals surface area contributed by atoms with Crippen LogP contribution >= 0.6 is 0 Å². The minimum absolute atomic E-state index is 0.400. The van der Waals surface area contributed by atoms with E-state index in [4.69, 9.17) is 0 Å². The molecule has 0 aromatic heterocycles. The molecule has 3 atom stereocenters. The molecule has 3 saturated heterocycles. The molecule has 2 heteroatoms. The highest BCUT2D eigenvalue weighted by molar-refractivity contribution is 5.24. The molecular formula is C15H20N2. The van der Waals surface area contributed by atoms with E-state index in [1.165, 1.54) is 36.8 Å². The Morgan fingerprint density at radius 3 is 2.47 bits per heavy atom. The number of rotatable bonds is 3. The van der Waals surface area contributed by atoms with E-state index in [2.05, 4.69) is 41.4 Å². The van der Waals surface area contributed by atoms with Crippen LogP contribution in [0.4, 0.5) is 0 Å². The van der Waals surface area contributed by atoms with Crippen molar-refractivity contribution in [2.24, 2.45) is 0 Å². The van der Waals surface area contributed by atoms with Crippen molar-refractivity contribution in [1.29, 1.82) is 0 Å². The zero-order valence-electron chi connectivity index (χ0n) is 10.4. The summed E-state index contributed by atoms with van der Waals surface area (Å²) in [7, 11) is 0. The average Bonchev–Trinajstić information content (AvgIpc) is 2.48. The second-order valence-electron chi connectivity index (χ2n) is 6.07. The molecule has 1 N–H and O–H groups in total. The number of nitrogens with one attached hydrogen (secondary N) is 1. The van der Waals surface area contributed by atoms with Crippen molar-refractivity contribution >= 4 is 0 Å². The van der Waals surface area contributed by atoms with E-state index in [1.54, 1.807) is 0 Å². The summed E-state index contributed by atoms with van der Waals surface area (Å²) in [6.07, 6.45) is 5.65. The van der Waals surface area contributed by atoms with Gasteiger partial charge >= 0.3 is 0 Å². The van der Waals surface area contributed by atoms with Gasteiger partial charge in [-0.2, -0.15) is 0 Å². The Morgan fingerprint density at radius 1 is 1.18 bits per heavy atom. The molecule has 17 heavy (non-hydrogen) atoms. The molecule has 3 heterocycles. The van der Waals surface area contributed by atoms with Gasteiger partial charge in [-0.25, -0.2) is 0 Å². The second-order valence-corrected chi connectivity index (χ2v) is 6.07. The van der Waals surface area contributed by atoms with Gasteiger partial charge in [0.25, 0.3) is 0 Å². The number of aryl methyl sites for hydroxylation is 1. The smallest absolute Gasteiger partial charge is 0.0750 e. The van der Waals surface area contributed by atoms with Crippen LogP contribution in [-0.4, -0.2) is 22.6 Å². The van der Waals surface area contributed by atoms with Gasteiger partial charge in [-0.3, -0.25) is 10.2 Å². The third-order valence-electron chi connectivity index (χ3n) is 5.00. The lowest BCUT2D eigenvalue weighted by Gasteiger charge is -2.67. The van der Waals surface area contributed by atoms with Crippen molar-refractivity contribution in [1.82, 2.24) is 10.2 Å². The van der Waals surface area contributed by atoms with Gasteiger partial charge in [-0.1, -0.05) is 29.8 Å². The first kappa shape index (κ1) is 10.1. The van der Waals surface area contributed by atoms with Gasteiger partial charge in [-0.15, -0.1) is 0 Å². The first-order chi connectivity index (χ1) is 8.27. The molecule has 2 nitrogen and oxygen atoms in total. The molecule has 3 fully saturated rings. The number of hydrogen-bond donors (Lipinski definition) is 1. The fourth-order valence-corrected chi connectivity index (χ4v) is 4.12. The van der Waals surface area contributed by atoms with Crippen LogP contribution in [0.5, 0.6) is 0 Å². The summed E-state index contributed by atoms with van der Waals surface area (Å²) in [4.78, 5) is 2.74. The molecular weight excluding hydrogens is 208 g/mol. The quantitative estimate of drug-likeness (QED) is 0.854. The van der Waals surface area contributed by atoms with E-state index < -0.39 is 0 Å². The van der Waals surface area contributed by atoms with E-state index in [-0.39, 0.29) is 0 Å². The lowest BCUT2D eigenvalue weighted by molar-refractivity contribution is -0.185. The van der Waals surface area contributed by atoms with E-state index in [1.807, 2.05) is 0 Å². The van der Waals surface area contributed by atoms with Crippen LogP contribution in [0.15, 0.2) is 24.3 Å². The van der Waals surface area contributed by atoms with Crippen LogP contribution < -0.4 is 5.32 Å². The normalized spacial score (nSPS) is 38.4. The molecule has 3 aliphatic heterocycles. The molecule has 3 aliphatic rings. The van der Waals surface area contributed by atoms with Crippen molar-refractivity contribution in [2.75, 3.05) is 0 Å².